The average Bonchev–Trinajstić information content (AvgIpc) is 2.79. The van der Waals surface area contributed by atoms with Crippen molar-refractivity contribution in [2.75, 3.05) is 43.4 Å². The van der Waals surface area contributed by atoms with Crippen LogP contribution in [0.3, 0.4) is 0 Å². The maximum atomic E-state index is 14.3. The summed E-state index contributed by atoms with van der Waals surface area (Å²) in [5.74, 6) is 1.22. The van der Waals surface area contributed by atoms with E-state index in [1.165, 1.54) is 6.07 Å². The third-order valence-electron chi connectivity index (χ3n) is 5.63. The van der Waals surface area contributed by atoms with Crippen LogP contribution in [0.4, 0.5) is 16.0 Å². The summed E-state index contributed by atoms with van der Waals surface area (Å²) in [5, 5.41) is 4.82. The molecule has 0 aliphatic carbocycles. The van der Waals surface area contributed by atoms with Gasteiger partial charge in [0, 0.05) is 66.5 Å². The normalized spacial score (nSPS) is 15.3. The maximum absolute atomic E-state index is 14.3. The number of allylic oxidation sites excluding steroid dienone is 1. The van der Waals surface area contributed by atoms with E-state index in [-0.39, 0.29) is 5.82 Å². The van der Waals surface area contributed by atoms with Crippen LogP contribution in [0.15, 0.2) is 55.4 Å². The minimum absolute atomic E-state index is 0.358. The molecular weight excluding hydrogens is 391 g/mol. The van der Waals surface area contributed by atoms with Crippen LogP contribution in [-0.4, -0.2) is 48.1 Å². The van der Waals surface area contributed by atoms with E-state index in [9.17, 15) is 4.39 Å². The molecule has 3 N–H and O–H groups in total. The third kappa shape index (κ3) is 4.51. The summed E-state index contributed by atoms with van der Waals surface area (Å²) in [6.07, 6.45) is 5.14. The Balaban J connectivity index is 1.55. The van der Waals surface area contributed by atoms with Crippen LogP contribution in [-0.2, 0) is 0 Å². The van der Waals surface area contributed by atoms with Crippen LogP contribution in [0.2, 0.25) is 0 Å². The molecule has 4 rings (SSSR count). The van der Waals surface area contributed by atoms with E-state index in [1.54, 1.807) is 31.5 Å². The van der Waals surface area contributed by atoms with E-state index in [0.29, 0.717) is 22.5 Å². The predicted molar refractivity (Wildman–Crippen MR) is 126 cm³/mol. The van der Waals surface area contributed by atoms with Gasteiger partial charge in [-0.05, 0) is 49.7 Å². The van der Waals surface area contributed by atoms with Gasteiger partial charge >= 0.3 is 0 Å². The first kappa shape index (κ1) is 20.8. The van der Waals surface area contributed by atoms with Crippen LogP contribution < -0.4 is 16.0 Å². The molecular formula is C24H27FN6. The van der Waals surface area contributed by atoms with Crippen molar-refractivity contribution in [1.82, 2.24) is 14.9 Å². The van der Waals surface area contributed by atoms with Crippen molar-refractivity contribution < 1.29 is 4.39 Å². The van der Waals surface area contributed by atoms with Gasteiger partial charge in [0.05, 0.1) is 0 Å². The fraction of sp³-hybridized carbons (Fsp3) is 0.250. The van der Waals surface area contributed by atoms with Gasteiger partial charge in [0.25, 0.3) is 0 Å². The number of benzene rings is 1. The van der Waals surface area contributed by atoms with E-state index in [0.717, 1.165) is 48.6 Å². The number of pyridine rings is 2. The molecule has 1 fully saturated rings. The van der Waals surface area contributed by atoms with Crippen molar-refractivity contribution in [2.45, 2.75) is 6.92 Å². The molecule has 0 radical (unpaired) electrons. The molecule has 31 heavy (non-hydrogen) atoms. The Morgan fingerprint density at radius 3 is 2.65 bits per heavy atom. The van der Waals surface area contributed by atoms with Gasteiger partial charge in [-0.3, -0.25) is 0 Å². The quantitative estimate of drug-likeness (QED) is 0.654. The molecule has 3 aromatic rings. The highest BCUT2D eigenvalue weighted by Crippen LogP contribution is 2.26. The number of nitrogens with two attached hydrogens (primary N) is 1. The van der Waals surface area contributed by atoms with Crippen LogP contribution in [0.5, 0.6) is 0 Å². The molecule has 0 saturated carbocycles. The van der Waals surface area contributed by atoms with Gasteiger partial charge in [0.1, 0.15) is 17.5 Å². The van der Waals surface area contributed by atoms with Crippen molar-refractivity contribution >= 4 is 33.8 Å². The van der Waals surface area contributed by atoms with Crippen LogP contribution in [0.25, 0.3) is 22.2 Å². The van der Waals surface area contributed by atoms with Gasteiger partial charge < -0.3 is 20.9 Å². The summed E-state index contributed by atoms with van der Waals surface area (Å²) in [6.45, 7) is 9.91. The molecule has 0 spiro atoms. The lowest BCUT2D eigenvalue weighted by atomic mass is 10.1. The van der Waals surface area contributed by atoms with Crippen molar-refractivity contribution in [3.8, 4) is 0 Å². The minimum Gasteiger partial charge on any atom is -0.398 e. The first-order valence-corrected chi connectivity index (χ1v) is 10.3. The molecule has 2 aromatic heterocycles. The van der Waals surface area contributed by atoms with Gasteiger partial charge in [0.15, 0.2) is 0 Å². The molecule has 1 aromatic carbocycles. The number of piperazine rings is 1. The molecule has 6 nitrogen and oxygen atoms in total. The zero-order valence-electron chi connectivity index (χ0n) is 17.9. The molecule has 0 atom stereocenters. The minimum atomic E-state index is -0.358. The summed E-state index contributed by atoms with van der Waals surface area (Å²) in [4.78, 5) is 13.5. The van der Waals surface area contributed by atoms with Crippen molar-refractivity contribution in [1.29, 1.82) is 0 Å². The highest BCUT2D eigenvalue weighted by atomic mass is 19.1. The average molecular weight is 419 g/mol. The fourth-order valence-electron chi connectivity index (χ4n) is 3.65. The lowest BCUT2D eigenvalue weighted by Crippen LogP contribution is -2.44. The molecule has 7 heteroatoms. The Hall–Kier alpha value is -3.45. The second kappa shape index (κ2) is 8.73. The van der Waals surface area contributed by atoms with Gasteiger partial charge in [0.2, 0.25) is 0 Å². The number of anilines is 2. The highest BCUT2D eigenvalue weighted by molar-refractivity contribution is 5.88. The second-order valence-electron chi connectivity index (χ2n) is 7.79. The largest absolute Gasteiger partial charge is 0.398 e. The van der Waals surface area contributed by atoms with Gasteiger partial charge in [-0.25, -0.2) is 14.4 Å². The van der Waals surface area contributed by atoms with Gasteiger partial charge in [-0.15, -0.1) is 0 Å². The van der Waals surface area contributed by atoms with Crippen molar-refractivity contribution in [2.24, 2.45) is 5.73 Å². The molecule has 1 aliphatic heterocycles. The van der Waals surface area contributed by atoms with E-state index < -0.39 is 0 Å². The fourth-order valence-corrected chi connectivity index (χ4v) is 3.65. The zero-order chi connectivity index (χ0) is 22.0. The SMILES string of the molecule is C=C(Nc1cc2cc(/C(N)=C/C)c(F)cc2cn1)c1ccnc(N2CCN(C)CC2)c1. The van der Waals surface area contributed by atoms with Crippen LogP contribution in [0, 0.1) is 5.82 Å². The Labute approximate surface area is 181 Å². The van der Waals surface area contributed by atoms with E-state index >= 15 is 0 Å². The Bertz CT molecular complexity index is 1150. The Morgan fingerprint density at radius 2 is 1.90 bits per heavy atom. The molecule has 160 valence electrons. The standard InChI is InChI=1S/C24H27FN6/c1-4-22(26)20-11-18-13-23(28-15-19(18)12-21(20)25)29-16(2)17-5-6-27-24(14-17)31-9-7-30(3)8-10-31/h4-6,11-15H,2,7-10,26H2,1,3H3,(H,28,29)/b22-4-. The second-order valence-corrected chi connectivity index (χ2v) is 7.79. The first-order valence-electron chi connectivity index (χ1n) is 10.3. The van der Waals surface area contributed by atoms with Gasteiger partial charge in [-0.2, -0.15) is 0 Å². The summed E-state index contributed by atoms with van der Waals surface area (Å²) in [5.41, 5.74) is 8.39. The van der Waals surface area contributed by atoms with Crippen molar-refractivity contribution in [3.05, 3.63) is 72.3 Å². The smallest absolute Gasteiger partial charge is 0.133 e. The van der Waals surface area contributed by atoms with E-state index in [2.05, 4.69) is 38.7 Å². The molecule has 0 bridgehead atoms. The predicted octanol–water partition coefficient (Wildman–Crippen LogP) is 3.92. The number of rotatable bonds is 5. The topological polar surface area (TPSA) is 70.3 Å². The van der Waals surface area contributed by atoms with Crippen molar-refractivity contribution in [3.63, 3.8) is 0 Å². The third-order valence-corrected chi connectivity index (χ3v) is 5.63. The molecule has 1 saturated heterocycles. The van der Waals surface area contributed by atoms with Gasteiger partial charge in [-0.1, -0.05) is 12.7 Å². The monoisotopic (exact) mass is 418 g/mol. The molecule has 0 unspecified atom stereocenters. The highest BCUT2D eigenvalue weighted by Gasteiger charge is 2.16. The number of likely N-dealkylation sites (N-methyl/N-ethyl adjacent to an activating group) is 1. The Kier molecular flexibility index (Phi) is 5.86. The lowest BCUT2D eigenvalue weighted by molar-refractivity contribution is 0.312. The first-order chi connectivity index (χ1) is 14.9. The lowest BCUT2D eigenvalue weighted by Gasteiger charge is -2.33. The zero-order valence-corrected chi connectivity index (χ0v) is 17.9. The van der Waals surface area contributed by atoms with E-state index in [4.69, 9.17) is 5.73 Å². The Morgan fingerprint density at radius 1 is 1.13 bits per heavy atom. The maximum Gasteiger partial charge on any atom is 0.133 e. The number of aromatic nitrogens is 2. The number of nitrogens with one attached hydrogen (secondary N) is 1. The number of fused-ring (bicyclic) bond motifs is 1. The van der Waals surface area contributed by atoms with Crippen LogP contribution >= 0.6 is 0 Å². The molecule has 3 heterocycles. The summed E-state index contributed by atoms with van der Waals surface area (Å²) < 4.78 is 14.3. The van der Waals surface area contributed by atoms with Crippen LogP contribution in [0.1, 0.15) is 18.1 Å². The molecule has 1 aliphatic rings. The number of halogens is 1. The number of nitrogens with zero attached hydrogens (tertiary/aromatic N) is 4. The van der Waals surface area contributed by atoms with E-state index in [1.807, 2.05) is 18.2 Å². The number of hydrogen-bond acceptors (Lipinski definition) is 6. The summed E-state index contributed by atoms with van der Waals surface area (Å²) in [7, 11) is 2.13. The summed E-state index contributed by atoms with van der Waals surface area (Å²) in [6, 6.07) is 9.04. The molecule has 0 amide bonds. The number of hydrogen-bond donors (Lipinski definition) is 2. The summed E-state index contributed by atoms with van der Waals surface area (Å²) >= 11 is 0.